The number of aromatic nitrogens is 2. The number of benzene rings is 1. The van der Waals surface area contributed by atoms with Crippen molar-refractivity contribution in [3.05, 3.63) is 54.1 Å². The molecule has 0 bridgehead atoms. The molecule has 1 fully saturated rings. The molecular formula is C18H25N3O2. The highest BCUT2D eigenvalue weighted by molar-refractivity contribution is 5.17. The van der Waals surface area contributed by atoms with E-state index in [1.54, 1.807) is 6.20 Å². The second-order valence-electron chi connectivity index (χ2n) is 6.41. The van der Waals surface area contributed by atoms with Crippen LogP contribution in [-0.4, -0.2) is 44.3 Å². The number of imidazole rings is 1. The molecule has 5 nitrogen and oxygen atoms in total. The average molecular weight is 315 g/mol. The zero-order chi connectivity index (χ0) is 16.2. The fraction of sp³-hybridized carbons (Fsp3) is 0.500. The van der Waals surface area contributed by atoms with Crippen molar-refractivity contribution in [2.24, 2.45) is 13.0 Å². The number of nitrogens with zero attached hydrogens (tertiary/aromatic N) is 3. The Hall–Kier alpha value is -1.69. The SMILES string of the molecule is Cn1ccnc1C(O)C1CCN(CC(O)c2ccccc2)CC1. The fourth-order valence-electron chi connectivity index (χ4n) is 3.35. The van der Waals surface area contributed by atoms with E-state index in [4.69, 9.17) is 0 Å². The van der Waals surface area contributed by atoms with Crippen molar-refractivity contribution in [2.45, 2.75) is 25.0 Å². The van der Waals surface area contributed by atoms with Crippen molar-refractivity contribution < 1.29 is 10.2 Å². The number of aliphatic hydroxyl groups excluding tert-OH is 2. The van der Waals surface area contributed by atoms with Gasteiger partial charge >= 0.3 is 0 Å². The third-order valence-electron chi connectivity index (χ3n) is 4.82. The van der Waals surface area contributed by atoms with Gasteiger partial charge < -0.3 is 19.7 Å². The molecule has 2 unspecified atom stereocenters. The minimum absolute atomic E-state index is 0.237. The van der Waals surface area contributed by atoms with Gasteiger partial charge in [-0.25, -0.2) is 4.98 Å². The number of piperidine rings is 1. The first-order valence-electron chi connectivity index (χ1n) is 8.26. The van der Waals surface area contributed by atoms with E-state index < -0.39 is 12.2 Å². The third kappa shape index (κ3) is 3.80. The van der Waals surface area contributed by atoms with Crippen molar-refractivity contribution in [1.82, 2.24) is 14.5 Å². The van der Waals surface area contributed by atoms with Crippen LogP contribution in [0, 0.1) is 5.92 Å². The van der Waals surface area contributed by atoms with E-state index in [2.05, 4.69) is 9.88 Å². The van der Waals surface area contributed by atoms with E-state index in [0.717, 1.165) is 37.3 Å². The van der Waals surface area contributed by atoms with Crippen molar-refractivity contribution in [3.8, 4) is 0 Å². The minimum Gasteiger partial charge on any atom is -0.387 e. The lowest BCUT2D eigenvalue weighted by molar-refractivity contribution is 0.0346. The Labute approximate surface area is 137 Å². The van der Waals surface area contributed by atoms with Crippen LogP contribution in [0.25, 0.3) is 0 Å². The molecule has 2 atom stereocenters. The molecule has 1 aromatic carbocycles. The number of aliphatic hydroxyl groups is 2. The maximum Gasteiger partial charge on any atom is 0.137 e. The molecule has 23 heavy (non-hydrogen) atoms. The van der Waals surface area contributed by atoms with Crippen LogP contribution >= 0.6 is 0 Å². The normalized spacial score (nSPS) is 19.6. The molecule has 3 rings (SSSR count). The van der Waals surface area contributed by atoms with Gasteiger partial charge in [-0.05, 0) is 37.4 Å². The summed E-state index contributed by atoms with van der Waals surface area (Å²) < 4.78 is 1.89. The van der Waals surface area contributed by atoms with Crippen LogP contribution in [0.3, 0.4) is 0 Å². The predicted molar refractivity (Wildman–Crippen MR) is 88.7 cm³/mol. The smallest absolute Gasteiger partial charge is 0.137 e. The lowest BCUT2D eigenvalue weighted by Gasteiger charge is -2.35. The number of hydrogen-bond donors (Lipinski definition) is 2. The van der Waals surface area contributed by atoms with Crippen LogP contribution in [0.1, 0.15) is 36.4 Å². The molecule has 5 heteroatoms. The van der Waals surface area contributed by atoms with E-state index in [0.29, 0.717) is 6.54 Å². The highest BCUT2D eigenvalue weighted by Gasteiger charge is 2.29. The van der Waals surface area contributed by atoms with Gasteiger partial charge in [-0.3, -0.25) is 0 Å². The Balaban J connectivity index is 1.51. The molecule has 2 heterocycles. The molecule has 1 aliphatic rings. The van der Waals surface area contributed by atoms with Crippen LogP contribution in [0.5, 0.6) is 0 Å². The van der Waals surface area contributed by atoms with Gasteiger partial charge in [-0.1, -0.05) is 30.3 Å². The van der Waals surface area contributed by atoms with Gasteiger partial charge in [0.2, 0.25) is 0 Å². The van der Waals surface area contributed by atoms with Gasteiger partial charge in [-0.15, -0.1) is 0 Å². The molecule has 0 spiro atoms. The Morgan fingerprint density at radius 1 is 1.17 bits per heavy atom. The Morgan fingerprint density at radius 3 is 2.48 bits per heavy atom. The van der Waals surface area contributed by atoms with Crippen LogP contribution < -0.4 is 0 Å². The third-order valence-corrected chi connectivity index (χ3v) is 4.82. The lowest BCUT2D eigenvalue weighted by atomic mass is 9.90. The van der Waals surface area contributed by atoms with Crippen molar-refractivity contribution in [2.75, 3.05) is 19.6 Å². The van der Waals surface area contributed by atoms with Crippen molar-refractivity contribution >= 4 is 0 Å². The van der Waals surface area contributed by atoms with Gasteiger partial charge in [0, 0.05) is 26.0 Å². The van der Waals surface area contributed by atoms with Gasteiger partial charge in [0.15, 0.2) is 0 Å². The highest BCUT2D eigenvalue weighted by Crippen LogP contribution is 2.30. The second-order valence-corrected chi connectivity index (χ2v) is 6.41. The first kappa shape index (κ1) is 16.2. The molecule has 0 amide bonds. The first-order valence-corrected chi connectivity index (χ1v) is 8.26. The zero-order valence-corrected chi connectivity index (χ0v) is 13.5. The highest BCUT2D eigenvalue weighted by atomic mass is 16.3. The zero-order valence-electron chi connectivity index (χ0n) is 13.5. The van der Waals surface area contributed by atoms with Crippen LogP contribution in [0.2, 0.25) is 0 Å². The fourth-order valence-corrected chi connectivity index (χ4v) is 3.35. The maximum atomic E-state index is 10.5. The summed E-state index contributed by atoms with van der Waals surface area (Å²) in [7, 11) is 1.91. The molecule has 0 radical (unpaired) electrons. The van der Waals surface area contributed by atoms with E-state index >= 15 is 0 Å². The Morgan fingerprint density at radius 2 is 1.87 bits per heavy atom. The molecule has 2 aromatic rings. The Kier molecular flexibility index (Phi) is 5.10. The van der Waals surface area contributed by atoms with Gasteiger partial charge in [-0.2, -0.15) is 0 Å². The number of hydrogen-bond acceptors (Lipinski definition) is 4. The minimum atomic E-state index is -0.504. The molecule has 124 valence electrons. The molecular weight excluding hydrogens is 290 g/mol. The van der Waals surface area contributed by atoms with Crippen LogP contribution in [0.4, 0.5) is 0 Å². The molecule has 1 aromatic heterocycles. The van der Waals surface area contributed by atoms with E-state index in [1.165, 1.54) is 0 Å². The largest absolute Gasteiger partial charge is 0.387 e. The van der Waals surface area contributed by atoms with E-state index in [1.807, 2.05) is 48.1 Å². The monoisotopic (exact) mass is 315 g/mol. The van der Waals surface area contributed by atoms with E-state index in [-0.39, 0.29) is 5.92 Å². The summed E-state index contributed by atoms with van der Waals surface area (Å²) in [5.41, 5.74) is 0.961. The number of rotatable bonds is 5. The van der Waals surface area contributed by atoms with Crippen molar-refractivity contribution in [1.29, 1.82) is 0 Å². The average Bonchev–Trinajstić information content (AvgIpc) is 3.02. The first-order chi connectivity index (χ1) is 11.1. The van der Waals surface area contributed by atoms with Gasteiger partial charge in [0.05, 0.1) is 6.10 Å². The van der Waals surface area contributed by atoms with Crippen molar-refractivity contribution in [3.63, 3.8) is 0 Å². The quantitative estimate of drug-likeness (QED) is 0.885. The van der Waals surface area contributed by atoms with Crippen LogP contribution in [0.15, 0.2) is 42.7 Å². The summed E-state index contributed by atoms with van der Waals surface area (Å²) in [5.74, 6) is 0.981. The molecule has 0 aliphatic carbocycles. The van der Waals surface area contributed by atoms with Gasteiger partial charge in [0.25, 0.3) is 0 Å². The summed E-state index contributed by atoms with van der Waals surface area (Å²) >= 11 is 0. The lowest BCUT2D eigenvalue weighted by Crippen LogP contribution is -2.38. The summed E-state index contributed by atoms with van der Waals surface area (Å²) in [6, 6.07) is 9.78. The predicted octanol–water partition coefficient (Wildman–Crippen LogP) is 1.90. The standard InChI is InChI=1S/C18H25N3O2/c1-20-12-9-19-18(20)17(23)15-7-10-21(11-8-15)13-16(22)14-5-3-2-4-6-14/h2-6,9,12,15-17,22-23H,7-8,10-11,13H2,1H3. The van der Waals surface area contributed by atoms with Gasteiger partial charge in [0.1, 0.15) is 11.9 Å². The summed E-state index contributed by atoms with van der Waals surface area (Å²) in [4.78, 5) is 6.53. The maximum absolute atomic E-state index is 10.5. The second kappa shape index (κ2) is 7.25. The number of aryl methyl sites for hydroxylation is 1. The molecule has 1 saturated heterocycles. The van der Waals surface area contributed by atoms with Crippen LogP contribution in [-0.2, 0) is 7.05 Å². The summed E-state index contributed by atoms with van der Waals surface area (Å²) in [6.45, 7) is 2.45. The summed E-state index contributed by atoms with van der Waals surface area (Å²) in [5, 5.41) is 20.8. The molecule has 2 N–H and O–H groups in total. The Bertz CT molecular complexity index is 606. The number of β-amino-alcohol motifs (C(OH)–C–C–N with tert-alkyl or cyclic N) is 1. The molecule has 1 aliphatic heterocycles. The topological polar surface area (TPSA) is 61.5 Å². The number of likely N-dealkylation sites (tertiary alicyclic amines) is 1. The summed E-state index contributed by atoms with van der Waals surface area (Å²) in [6.07, 6.45) is 4.49. The molecule has 0 saturated carbocycles. The van der Waals surface area contributed by atoms with E-state index in [9.17, 15) is 10.2 Å².